The van der Waals surface area contributed by atoms with Crippen LogP contribution in [0, 0.1) is 5.82 Å². The van der Waals surface area contributed by atoms with Crippen molar-refractivity contribution in [2.45, 2.75) is 18.2 Å². The number of nitrogens with one attached hydrogen (secondary N) is 1. The van der Waals surface area contributed by atoms with Crippen LogP contribution in [0.15, 0.2) is 89.0 Å². The van der Waals surface area contributed by atoms with E-state index in [2.05, 4.69) is 11.1 Å². The number of amidine groups is 2. The summed E-state index contributed by atoms with van der Waals surface area (Å²) in [6.45, 7) is 0. The second kappa shape index (κ2) is 8.01. The van der Waals surface area contributed by atoms with Gasteiger partial charge in [-0.15, -0.1) is 0 Å². The van der Waals surface area contributed by atoms with E-state index < -0.39 is 6.04 Å². The molecule has 0 spiro atoms. The highest BCUT2D eigenvalue weighted by atomic mass is 32.2. The second-order valence-corrected chi connectivity index (χ2v) is 8.97. The van der Waals surface area contributed by atoms with E-state index in [0.717, 1.165) is 33.3 Å². The highest BCUT2D eigenvalue weighted by Gasteiger charge is 2.41. The number of carbonyl (C=O) groups is 1. The molecule has 0 fully saturated rings. The van der Waals surface area contributed by atoms with Gasteiger partial charge < -0.3 is 4.98 Å². The molecular formula is C26H19FN4OS. The van der Waals surface area contributed by atoms with Gasteiger partial charge in [0, 0.05) is 34.8 Å². The highest BCUT2D eigenvalue weighted by molar-refractivity contribution is 8.13. The van der Waals surface area contributed by atoms with Gasteiger partial charge in [-0.1, -0.05) is 54.2 Å². The molecule has 3 heterocycles. The molecule has 1 N–H and O–H groups in total. The third-order valence-corrected chi connectivity index (χ3v) is 6.93. The average Bonchev–Trinajstić information content (AvgIpc) is 3.40. The molecule has 7 heteroatoms. The minimum absolute atomic E-state index is 0.0739. The molecule has 1 atom stereocenters. The van der Waals surface area contributed by atoms with Crippen molar-refractivity contribution in [2.24, 2.45) is 9.98 Å². The van der Waals surface area contributed by atoms with Crippen molar-refractivity contribution >= 4 is 45.3 Å². The van der Waals surface area contributed by atoms with E-state index in [1.54, 1.807) is 17.0 Å². The fraction of sp³-hybridized carbons (Fsp3) is 0.115. The van der Waals surface area contributed by atoms with Crippen LogP contribution < -0.4 is 0 Å². The first-order chi connectivity index (χ1) is 16.2. The van der Waals surface area contributed by atoms with Crippen molar-refractivity contribution in [1.82, 2.24) is 9.88 Å². The molecule has 4 aromatic rings. The molecular weight excluding hydrogens is 435 g/mol. The lowest BCUT2D eigenvalue weighted by Gasteiger charge is -2.25. The molecule has 2 aliphatic rings. The number of rotatable bonds is 4. The van der Waals surface area contributed by atoms with E-state index in [1.165, 1.54) is 23.9 Å². The number of nitrogens with zero attached hydrogens (tertiary/aromatic N) is 3. The maximum Gasteiger partial charge on any atom is 0.259 e. The van der Waals surface area contributed by atoms with Gasteiger partial charge in [0.1, 0.15) is 17.7 Å². The number of halogens is 1. The minimum Gasteiger partial charge on any atom is -0.361 e. The Bertz CT molecular complexity index is 1440. The SMILES string of the molecule is O=C1[C@@H](Cc2c[nH]c3ccccc23)N=C2c3ccccc3N=C(SCc3ccc(F)cc3)N12. The molecule has 1 aromatic heterocycles. The van der Waals surface area contributed by atoms with E-state index in [0.29, 0.717) is 23.2 Å². The number of fused-ring (bicyclic) bond motifs is 4. The number of hydrogen-bond acceptors (Lipinski definition) is 4. The van der Waals surface area contributed by atoms with Crippen LogP contribution in [-0.2, 0) is 17.0 Å². The van der Waals surface area contributed by atoms with Crippen LogP contribution >= 0.6 is 11.8 Å². The Labute approximate surface area is 194 Å². The molecule has 0 saturated carbocycles. The summed E-state index contributed by atoms with van der Waals surface area (Å²) in [5.41, 5.74) is 4.74. The molecule has 33 heavy (non-hydrogen) atoms. The first-order valence-corrected chi connectivity index (χ1v) is 11.7. The van der Waals surface area contributed by atoms with E-state index >= 15 is 0 Å². The number of aromatic nitrogens is 1. The Kier molecular flexibility index (Phi) is 4.84. The summed E-state index contributed by atoms with van der Waals surface area (Å²) in [4.78, 5) is 28.1. The lowest BCUT2D eigenvalue weighted by Crippen LogP contribution is -2.41. The molecule has 1 amide bonds. The summed E-state index contributed by atoms with van der Waals surface area (Å²) in [6, 6.07) is 21.7. The summed E-state index contributed by atoms with van der Waals surface area (Å²) >= 11 is 1.46. The molecule has 162 valence electrons. The Hall–Kier alpha value is -3.71. The van der Waals surface area contributed by atoms with Gasteiger partial charge in [-0.3, -0.25) is 9.79 Å². The van der Waals surface area contributed by atoms with E-state index in [-0.39, 0.29) is 11.7 Å². The average molecular weight is 455 g/mol. The zero-order valence-electron chi connectivity index (χ0n) is 17.5. The minimum atomic E-state index is -0.512. The third-order valence-electron chi connectivity index (χ3n) is 5.92. The van der Waals surface area contributed by atoms with Crippen molar-refractivity contribution in [1.29, 1.82) is 0 Å². The number of para-hydroxylation sites is 2. The molecule has 2 aliphatic heterocycles. The Morgan fingerprint density at radius 1 is 1.00 bits per heavy atom. The highest BCUT2D eigenvalue weighted by Crippen LogP contribution is 2.35. The molecule has 0 unspecified atom stereocenters. The van der Waals surface area contributed by atoms with Gasteiger partial charge in [-0.25, -0.2) is 14.3 Å². The van der Waals surface area contributed by atoms with Crippen LogP contribution in [0.3, 0.4) is 0 Å². The van der Waals surface area contributed by atoms with E-state index in [9.17, 15) is 9.18 Å². The monoisotopic (exact) mass is 454 g/mol. The fourth-order valence-corrected chi connectivity index (χ4v) is 5.23. The topological polar surface area (TPSA) is 60.8 Å². The largest absolute Gasteiger partial charge is 0.361 e. The van der Waals surface area contributed by atoms with Gasteiger partial charge in [0.15, 0.2) is 5.17 Å². The maximum atomic E-state index is 13.5. The summed E-state index contributed by atoms with van der Waals surface area (Å²) in [6.07, 6.45) is 2.47. The van der Waals surface area contributed by atoms with Gasteiger partial charge in [0.25, 0.3) is 5.91 Å². The molecule has 5 nitrogen and oxygen atoms in total. The fourth-order valence-electron chi connectivity index (χ4n) is 4.27. The third kappa shape index (κ3) is 3.54. The molecule has 6 rings (SSSR count). The van der Waals surface area contributed by atoms with Crippen molar-refractivity contribution in [3.05, 3.63) is 102 Å². The molecule has 3 aromatic carbocycles. The first-order valence-electron chi connectivity index (χ1n) is 10.7. The number of aromatic amines is 1. The Balaban J connectivity index is 1.32. The van der Waals surface area contributed by atoms with Crippen molar-refractivity contribution in [3.8, 4) is 0 Å². The number of amides is 1. The van der Waals surface area contributed by atoms with Crippen LogP contribution in [0.1, 0.15) is 16.7 Å². The summed E-state index contributed by atoms with van der Waals surface area (Å²) in [5, 5.41) is 1.71. The van der Waals surface area contributed by atoms with Crippen molar-refractivity contribution in [2.75, 3.05) is 0 Å². The summed E-state index contributed by atoms with van der Waals surface area (Å²) in [7, 11) is 0. The number of thioether (sulfide) groups is 1. The zero-order valence-corrected chi connectivity index (χ0v) is 18.3. The normalized spacial score (nSPS) is 17.1. The summed E-state index contributed by atoms with van der Waals surface area (Å²) in [5.74, 6) is 0.884. The van der Waals surface area contributed by atoms with Gasteiger partial charge in [0.2, 0.25) is 0 Å². The predicted molar refractivity (Wildman–Crippen MR) is 130 cm³/mol. The molecule has 0 saturated heterocycles. The van der Waals surface area contributed by atoms with E-state index in [1.807, 2.05) is 48.7 Å². The van der Waals surface area contributed by atoms with Gasteiger partial charge in [0.05, 0.1) is 5.69 Å². The van der Waals surface area contributed by atoms with Gasteiger partial charge in [-0.05, 0) is 41.5 Å². The number of carbonyl (C=O) groups excluding carboxylic acids is 1. The van der Waals surface area contributed by atoms with Crippen LogP contribution in [0.2, 0.25) is 0 Å². The first kappa shape index (κ1) is 19.9. The van der Waals surface area contributed by atoms with Crippen molar-refractivity contribution in [3.63, 3.8) is 0 Å². The molecule has 0 aliphatic carbocycles. The molecule has 0 bridgehead atoms. The number of aliphatic imine (C=N–C) groups is 2. The summed E-state index contributed by atoms with van der Waals surface area (Å²) < 4.78 is 13.3. The van der Waals surface area contributed by atoms with Crippen LogP contribution in [0.5, 0.6) is 0 Å². The van der Waals surface area contributed by atoms with Gasteiger partial charge >= 0.3 is 0 Å². The van der Waals surface area contributed by atoms with Crippen LogP contribution in [0.4, 0.5) is 10.1 Å². The lowest BCUT2D eigenvalue weighted by atomic mass is 10.1. The Morgan fingerprint density at radius 2 is 1.79 bits per heavy atom. The quantitative estimate of drug-likeness (QED) is 0.446. The number of hydrogen-bond donors (Lipinski definition) is 1. The number of H-pyrrole nitrogens is 1. The standard InChI is InChI=1S/C26H19FN4OS/c27-18-11-9-16(10-12-18)15-33-26-30-22-8-4-2-6-20(22)24-29-23(25(32)31(24)26)13-17-14-28-21-7-3-1-5-19(17)21/h1-12,14,23,28H,13,15H2/t23-/m1/s1. The maximum absolute atomic E-state index is 13.5. The van der Waals surface area contributed by atoms with E-state index in [4.69, 9.17) is 9.98 Å². The van der Waals surface area contributed by atoms with Crippen LogP contribution in [0.25, 0.3) is 10.9 Å². The smallest absolute Gasteiger partial charge is 0.259 e. The lowest BCUT2D eigenvalue weighted by molar-refractivity contribution is -0.124. The zero-order chi connectivity index (χ0) is 22.4. The van der Waals surface area contributed by atoms with Crippen molar-refractivity contribution < 1.29 is 9.18 Å². The predicted octanol–water partition coefficient (Wildman–Crippen LogP) is 5.44. The van der Waals surface area contributed by atoms with Crippen LogP contribution in [-0.4, -0.2) is 32.8 Å². The molecule has 0 radical (unpaired) electrons. The Morgan fingerprint density at radius 3 is 2.67 bits per heavy atom. The van der Waals surface area contributed by atoms with Gasteiger partial charge in [-0.2, -0.15) is 0 Å². The number of benzene rings is 3. The second-order valence-electron chi connectivity index (χ2n) is 8.03.